The number of rotatable bonds is 6. The lowest BCUT2D eigenvalue weighted by atomic mass is 9.46. The van der Waals surface area contributed by atoms with Crippen LogP contribution in [0.4, 0.5) is 0 Å². The second kappa shape index (κ2) is 8.08. The second-order valence-corrected chi connectivity index (χ2v) is 13.5. The summed E-state index contributed by atoms with van der Waals surface area (Å²) in [5.41, 5.74) is 0.316. The number of hydrogen-bond donors (Lipinski definition) is 4. The van der Waals surface area contributed by atoms with Gasteiger partial charge in [0.2, 0.25) is 6.29 Å². The van der Waals surface area contributed by atoms with Gasteiger partial charge in [0.1, 0.15) is 60.4 Å². The minimum Gasteiger partial charge on any atom is -0.488 e. The van der Waals surface area contributed by atoms with Crippen LogP contribution in [-0.4, -0.2) is 105 Å². The van der Waals surface area contributed by atoms with Gasteiger partial charge in [-0.2, -0.15) is 0 Å². The molecular weight excluding hydrogens is 524 g/mol. The molecule has 14 unspecified atom stereocenters. The number of aliphatic hydroxyl groups excluding tert-OH is 4. The van der Waals surface area contributed by atoms with Gasteiger partial charge in [-0.15, -0.1) is 0 Å². The van der Waals surface area contributed by atoms with Crippen molar-refractivity contribution < 1.29 is 53.6 Å². The van der Waals surface area contributed by atoms with E-state index in [-0.39, 0.29) is 35.6 Å². The van der Waals surface area contributed by atoms with Gasteiger partial charge in [-0.05, 0) is 43.1 Å². The molecule has 0 bridgehead atoms. The number of aliphatic hydroxyl groups is 4. The molecule has 4 aliphatic carbocycles. The predicted molar refractivity (Wildman–Crippen MR) is 133 cm³/mol. The van der Waals surface area contributed by atoms with Crippen LogP contribution in [0.2, 0.25) is 0 Å². The van der Waals surface area contributed by atoms with Crippen molar-refractivity contribution >= 4 is 5.78 Å². The molecule has 0 amide bonds. The quantitative estimate of drug-likeness (QED) is 0.259. The molecule has 8 rings (SSSR count). The predicted octanol–water partition coefficient (Wildman–Crippen LogP) is 0.221. The van der Waals surface area contributed by atoms with Crippen LogP contribution in [-0.2, 0) is 33.2 Å². The lowest BCUT2D eigenvalue weighted by Gasteiger charge is -2.54. The third-order valence-corrected chi connectivity index (χ3v) is 11.7. The van der Waals surface area contributed by atoms with E-state index in [9.17, 15) is 25.2 Å². The smallest absolute Gasteiger partial charge is 0.228 e. The Kier molecular flexibility index (Phi) is 5.27. The fourth-order valence-electron chi connectivity index (χ4n) is 9.66. The van der Waals surface area contributed by atoms with Gasteiger partial charge >= 0.3 is 0 Å². The van der Waals surface area contributed by atoms with Crippen LogP contribution in [0.25, 0.3) is 0 Å². The highest BCUT2D eigenvalue weighted by Crippen LogP contribution is 2.83. The molecule has 4 N–H and O–H groups in total. The zero-order valence-electron chi connectivity index (χ0n) is 22.9. The Morgan fingerprint density at radius 3 is 2.52 bits per heavy atom. The number of carbonyl (C=O) groups is 1. The molecule has 4 aliphatic heterocycles. The van der Waals surface area contributed by atoms with Gasteiger partial charge < -0.3 is 48.8 Å². The Morgan fingerprint density at radius 2 is 1.77 bits per heavy atom. The molecule has 0 aromatic heterocycles. The third kappa shape index (κ3) is 2.82. The van der Waals surface area contributed by atoms with E-state index in [4.69, 9.17) is 28.4 Å². The van der Waals surface area contributed by atoms with Crippen molar-refractivity contribution in [2.24, 2.45) is 17.3 Å². The van der Waals surface area contributed by atoms with E-state index in [2.05, 4.69) is 20.8 Å². The van der Waals surface area contributed by atoms with Crippen LogP contribution in [0.1, 0.15) is 52.9 Å². The first-order chi connectivity index (χ1) is 19.1. The second-order valence-electron chi connectivity index (χ2n) is 13.5. The minimum atomic E-state index is -1.53. The summed E-state index contributed by atoms with van der Waals surface area (Å²) in [6, 6.07) is 0. The lowest BCUT2D eigenvalue weighted by Crippen LogP contribution is -2.69. The molecular formula is C29H38O11. The Balaban J connectivity index is 1.08. The molecule has 4 heterocycles. The van der Waals surface area contributed by atoms with Gasteiger partial charge in [-0.3, -0.25) is 4.79 Å². The number of ketones is 1. The molecule has 40 heavy (non-hydrogen) atoms. The van der Waals surface area contributed by atoms with Crippen molar-refractivity contribution in [2.45, 2.75) is 125 Å². The van der Waals surface area contributed by atoms with Gasteiger partial charge in [0, 0.05) is 11.8 Å². The number of ether oxygens (including phenoxy) is 6. The van der Waals surface area contributed by atoms with Gasteiger partial charge in [0.15, 0.2) is 17.5 Å². The average Bonchev–Trinajstić information content (AvgIpc) is 3.84. The van der Waals surface area contributed by atoms with Crippen LogP contribution in [0.3, 0.4) is 0 Å². The first-order valence-corrected chi connectivity index (χ1v) is 14.6. The zero-order chi connectivity index (χ0) is 28.0. The first kappa shape index (κ1) is 26.1. The highest BCUT2D eigenvalue weighted by atomic mass is 16.8. The molecule has 0 aromatic carbocycles. The van der Waals surface area contributed by atoms with E-state index in [1.54, 1.807) is 0 Å². The summed E-state index contributed by atoms with van der Waals surface area (Å²) in [7, 11) is 0. The van der Waals surface area contributed by atoms with Crippen LogP contribution in [0.15, 0.2) is 23.7 Å². The van der Waals surface area contributed by atoms with Crippen molar-refractivity contribution in [1.82, 2.24) is 0 Å². The summed E-state index contributed by atoms with van der Waals surface area (Å²) in [6.07, 6.45) is -1.09. The maximum atomic E-state index is 12.6. The normalized spacial score (nSPS) is 57.0. The minimum absolute atomic E-state index is 0.0799. The van der Waals surface area contributed by atoms with E-state index in [1.165, 1.54) is 18.1 Å². The Bertz CT molecular complexity index is 1200. The van der Waals surface area contributed by atoms with E-state index in [0.717, 1.165) is 31.3 Å². The molecule has 6 fully saturated rings. The molecule has 4 saturated heterocycles. The van der Waals surface area contributed by atoms with E-state index in [1.807, 2.05) is 0 Å². The number of Topliss-reactive ketones (excluding diaryl/α,β-unsaturated/α-hetero) is 1. The Labute approximate surface area is 232 Å². The number of fused-ring (bicyclic) bond motifs is 4. The highest BCUT2D eigenvalue weighted by molar-refractivity contribution is 5.99. The van der Waals surface area contributed by atoms with Crippen molar-refractivity contribution in [3.8, 4) is 0 Å². The molecule has 0 radical (unpaired) electrons. The van der Waals surface area contributed by atoms with E-state index < -0.39 is 60.2 Å². The molecule has 220 valence electrons. The van der Waals surface area contributed by atoms with Gasteiger partial charge in [-0.25, -0.2) is 0 Å². The first-order valence-electron chi connectivity index (χ1n) is 14.6. The van der Waals surface area contributed by atoms with E-state index in [0.29, 0.717) is 12.2 Å². The van der Waals surface area contributed by atoms with Crippen molar-refractivity contribution in [3.05, 3.63) is 23.7 Å². The standard InChI is InChI=1S/C29H38O11/c1-12(2)27-22(39-27)23-29(40-23)26(3)7-6-14-13(4-5-16(14)31)15(26)10-18-28(29,38-18)25(27)36-9-8-35-24-21(34)20(33)19(32)17(11-30)37-24/h8-9,12,15,17-25,30,32-34H,4-7,10-11H2,1-3H3. The van der Waals surface area contributed by atoms with Crippen LogP contribution in [0.5, 0.6) is 0 Å². The number of carbonyl (C=O) groups excluding carboxylic acids is 1. The molecule has 14 atom stereocenters. The van der Waals surface area contributed by atoms with Gasteiger partial charge in [-0.1, -0.05) is 26.3 Å². The lowest BCUT2D eigenvalue weighted by molar-refractivity contribution is -0.288. The molecule has 2 spiro atoms. The highest BCUT2D eigenvalue weighted by Gasteiger charge is 3.01. The summed E-state index contributed by atoms with van der Waals surface area (Å²) in [6.45, 7) is 6.00. The topological polar surface area (TPSA) is 163 Å². The summed E-state index contributed by atoms with van der Waals surface area (Å²) in [4.78, 5) is 12.6. The van der Waals surface area contributed by atoms with Gasteiger partial charge in [0.25, 0.3) is 0 Å². The molecule has 8 aliphatic rings. The third-order valence-electron chi connectivity index (χ3n) is 11.7. The van der Waals surface area contributed by atoms with Crippen molar-refractivity contribution in [2.75, 3.05) is 6.61 Å². The number of allylic oxidation sites excluding steroid dienone is 2. The summed E-state index contributed by atoms with van der Waals surface area (Å²) >= 11 is 0. The van der Waals surface area contributed by atoms with Crippen LogP contribution >= 0.6 is 0 Å². The number of epoxide rings is 3. The van der Waals surface area contributed by atoms with Crippen LogP contribution in [0, 0.1) is 17.3 Å². The maximum Gasteiger partial charge on any atom is 0.228 e. The fraction of sp³-hybridized carbons (Fsp3) is 0.828. The monoisotopic (exact) mass is 562 g/mol. The fourth-order valence-corrected chi connectivity index (χ4v) is 9.66. The average molecular weight is 563 g/mol. The zero-order valence-corrected chi connectivity index (χ0v) is 22.9. The van der Waals surface area contributed by atoms with E-state index >= 15 is 0 Å². The van der Waals surface area contributed by atoms with Crippen molar-refractivity contribution in [3.63, 3.8) is 0 Å². The number of hydrogen-bond acceptors (Lipinski definition) is 11. The molecule has 0 aromatic rings. The maximum absolute atomic E-state index is 12.6. The molecule has 11 heteroatoms. The van der Waals surface area contributed by atoms with Gasteiger partial charge in [0.05, 0.1) is 12.7 Å². The van der Waals surface area contributed by atoms with Crippen molar-refractivity contribution in [1.29, 1.82) is 0 Å². The SMILES string of the molecule is CC(C)C12OC1C1OC13C1(C)CCC4=C(CCC4=O)C1CC1OC13C2OC=COC1OC(CO)C(O)C(O)C1O. The summed E-state index contributed by atoms with van der Waals surface area (Å²) in [5, 5.41) is 39.8. The molecule has 11 nitrogen and oxygen atoms in total. The summed E-state index contributed by atoms with van der Waals surface area (Å²) < 4.78 is 37.4. The Morgan fingerprint density at radius 1 is 1.00 bits per heavy atom. The molecule has 2 saturated carbocycles. The van der Waals surface area contributed by atoms with Crippen LogP contribution < -0.4 is 0 Å². The Hall–Kier alpha value is -1.57. The summed E-state index contributed by atoms with van der Waals surface area (Å²) in [5.74, 6) is 0.668. The largest absolute Gasteiger partial charge is 0.488 e.